The maximum Gasteiger partial charge on any atom is 0.254 e. The summed E-state index contributed by atoms with van der Waals surface area (Å²) >= 11 is 0. The van der Waals surface area contributed by atoms with Crippen LogP contribution in [0.3, 0.4) is 0 Å². The van der Waals surface area contributed by atoms with E-state index >= 15 is 0 Å². The van der Waals surface area contributed by atoms with Crippen molar-refractivity contribution in [1.82, 2.24) is 9.80 Å². The van der Waals surface area contributed by atoms with E-state index in [4.69, 9.17) is 9.47 Å². The van der Waals surface area contributed by atoms with Gasteiger partial charge in [-0.1, -0.05) is 12.1 Å². The van der Waals surface area contributed by atoms with Gasteiger partial charge in [0.25, 0.3) is 5.91 Å². The molecule has 2 aliphatic heterocycles. The molecule has 1 aromatic carbocycles. The zero-order valence-electron chi connectivity index (χ0n) is 14.0. The van der Waals surface area contributed by atoms with Crippen LogP contribution in [0.15, 0.2) is 24.3 Å². The lowest BCUT2D eigenvalue weighted by Gasteiger charge is -2.35. The van der Waals surface area contributed by atoms with Crippen LogP contribution in [0.2, 0.25) is 0 Å². The van der Waals surface area contributed by atoms with Gasteiger partial charge in [0.15, 0.2) is 0 Å². The van der Waals surface area contributed by atoms with E-state index in [0.717, 1.165) is 25.2 Å². The maximum atomic E-state index is 12.4. The van der Waals surface area contributed by atoms with Crippen molar-refractivity contribution in [2.75, 3.05) is 39.4 Å². The maximum absolute atomic E-state index is 12.4. The Morgan fingerprint density at radius 3 is 2.30 bits per heavy atom. The number of morpholine rings is 2. The summed E-state index contributed by atoms with van der Waals surface area (Å²) in [5.74, 6) is 0.105. The lowest BCUT2D eigenvalue weighted by molar-refractivity contribution is -0.0704. The molecule has 0 unspecified atom stereocenters. The monoisotopic (exact) mass is 318 g/mol. The van der Waals surface area contributed by atoms with Crippen LogP contribution in [0, 0.1) is 0 Å². The van der Waals surface area contributed by atoms with Gasteiger partial charge in [-0.05, 0) is 31.5 Å². The summed E-state index contributed by atoms with van der Waals surface area (Å²) in [7, 11) is 0. The van der Waals surface area contributed by atoms with E-state index in [1.54, 1.807) is 0 Å². The molecule has 0 N–H and O–H groups in total. The zero-order valence-corrected chi connectivity index (χ0v) is 14.0. The molecule has 2 saturated heterocycles. The van der Waals surface area contributed by atoms with Gasteiger partial charge in [-0.15, -0.1) is 0 Å². The summed E-state index contributed by atoms with van der Waals surface area (Å²) in [6.45, 7) is 9.70. The minimum atomic E-state index is 0.105. The molecule has 126 valence electrons. The van der Waals surface area contributed by atoms with E-state index in [2.05, 4.69) is 30.9 Å². The minimum Gasteiger partial charge on any atom is -0.378 e. The minimum absolute atomic E-state index is 0.105. The number of carbonyl (C=O) groups is 1. The Balaban J connectivity index is 1.59. The molecular weight excluding hydrogens is 292 g/mol. The predicted molar refractivity (Wildman–Crippen MR) is 88.5 cm³/mol. The summed E-state index contributed by atoms with van der Waals surface area (Å²) < 4.78 is 11.1. The Kier molecular flexibility index (Phi) is 5.30. The predicted octanol–water partition coefficient (Wildman–Crippen LogP) is 1.77. The van der Waals surface area contributed by atoms with E-state index < -0.39 is 0 Å². The fraction of sp³-hybridized carbons (Fsp3) is 0.611. The van der Waals surface area contributed by atoms with E-state index in [0.29, 0.717) is 26.3 Å². The van der Waals surface area contributed by atoms with Gasteiger partial charge < -0.3 is 14.4 Å². The van der Waals surface area contributed by atoms with Crippen LogP contribution in [0.25, 0.3) is 0 Å². The van der Waals surface area contributed by atoms with Gasteiger partial charge in [0.2, 0.25) is 0 Å². The number of amides is 1. The van der Waals surface area contributed by atoms with Gasteiger partial charge in [0.05, 0.1) is 25.4 Å². The first-order chi connectivity index (χ1) is 11.1. The van der Waals surface area contributed by atoms with Crippen molar-refractivity contribution in [3.63, 3.8) is 0 Å². The molecule has 1 aromatic rings. The molecule has 2 aliphatic rings. The van der Waals surface area contributed by atoms with Crippen molar-refractivity contribution in [3.05, 3.63) is 35.4 Å². The molecule has 2 fully saturated rings. The molecule has 0 aliphatic carbocycles. The molecule has 0 bridgehead atoms. The lowest BCUT2D eigenvalue weighted by atomic mass is 10.1. The first-order valence-corrected chi connectivity index (χ1v) is 8.45. The number of rotatable bonds is 3. The Morgan fingerprint density at radius 1 is 1.09 bits per heavy atom. The Bertz CT molecular complexity index is 516. The number of carbonyl (C=O) groups excluding carboxylic acids is 1. The summed E-state index contributed by atoms with van der Waals surface area (Å²) in [5.41, 5.74) is 2.00. The van der Waals surface area contributed by atoms with Crippen LogP contribution in [0.5, 0.6) is 0 Å². The van der Waals surface area contributed by atoms with Crippen molar-refractivity contribution >= 4 is 5.91 Å². The Morgan fingerprint density at radius 2 is 1.70 bits per heavy atom. The van der Waals surface area contributed by atoms with E-state index in [1.807, 2.05) is 17.0 Å². The molecule has 0 spiro atoms. The van der Waals surface area contributed by atoms with Crippen molar-refractivity contribution in [2.45, 2.75) is 32.6 Å². The highest BCUT2D eigenvalue weighted by atomic mass is 16.5. The highest BCUT2D eigenvalue weighted by Crippen LogP contribution is 2.15. The molecule has 2 heterocycles. The molecule has 0 radical (unpaired) electrons. The first-order valence-electron chi connectivity index (χ1n) is 8.45. The van der Waals surface area contributed by atoms with Crippen LogP contribution in [0.1, 0.15) is 29.8 Å². The third-order valence-electron chi connectivity index (χ3n) is 4.40. The van der Waals surface area contributed by atoms with Crippen LogP contribution in [-0.4, -0.2) is 67.3 Å². The molecule has 0 saturated carbocycles. The summed E-state index contributed by atoms with van der Waals surface area (Å²) in [4.78, 5) is 16.7. The topological polar surface area (TPSA) is 42.0 Å². The first kappa shape index (κ1) is 16.4. The van der Waals surface area contributed by atoms with Crippen LogP contribution in [-0.2, 0) is 16.0 Å². The largest absolute Gasteiger partial charge is 0.378 e. The average molecular weight is 318 g/mol. The molecule has 1 amide bonds. The molecule has 0 aromatic heterocycles. The standard InChI is InChI=1S/C18H26N2O3/c1-14-11-19(12-15(2)23-14)13-16-3-5-17(6-4-16)18(21)20-7-9-22-10-8-20/h3-6,14-15H,7-13H2,1-2H3/t14-,15-/m0/s1. The molecule has 5 heteroatoms. The number of ether oxygens (including phenoxy) is 2. The van der Waals surface area contributed by atoms with Gasteiger partial charge in [0, 0.05) is 38.3 Å². The van der Waals surface area contributed by atoms with Gasteiger partial charge in [0.1, 0.15) is 0 Å². The van der Waals surface area contributed by atoms with E-state index in [-0.39, 0.29) is 18.1 Å². The van der Waals surface area contributed by atoms with Gasteiger partial charge in [-0.2, -0.15) is 0 Å². The Labute approximate surface area is 138 Å². The summed E-state index contributed by atoms with van der Waals surface area (Å²) in [6, 6.07) is 8.03. The van der Waals surface area contributed by atoms with Crippen LogP contribution in [0.4, 0.5) is 0 Å². The van der Waals surface area contributed by atoms with E-state index in [1.165, 1.54) is 5.56 Å². The fourth-order valence-electron chi connectivity index (χ4n) is 3.37. The number of benzene rings is 1. The van der Waals surface area contributed by atoms with Gasteiger partial charge in [-0.3, -0.25) is 9.69 Å². The smallest absolute Gasteiger partial charge is 0.254 e. The van der Waals surface area contributed by atoms with Crippen molar-refractivity contribution in [3.8, 4) is 0 Å². The molecule has 23 heavy (non-hydrogen) atoms. The van der Waals surface area contributed by atoms with Gasteiger partial charge >= 0.3 is 0 Å². The number of nitrogens with zero attached hydrogens (tertiary/aromatic N) is 2. The highest BCUT2D eigenvalue weighted by molar-refractivity contribution is 5.94. The number of hydrogen-bond donors (Lipinski definition) is 0. The molecule has 3 rings (SSSR count). The third-order valence-corrected chi connectivity index (χ3v) is 4.40. The lowest BCUT2D eigenvalue weighted by Crippen LogP contribution is -2.44. The highest BCUT2D eigenvalue weighted by Gasteiger charge is 2.22. The summed E-state index contributed by atoms with van der Waals surface area (Å²) in [6.07, 6.45) is 0.557. The van der Waals surface area contributed by atoms with E-state index in [9.17, 15) is 4.79 Å². The third kappa shape index (κ3) is 4.31. The average Bonchev–Trinajstić information content (AvgIpc) is 2.55. The SMILES string of the molecule is C[C@H]1CN(Cc2ccc(C(=O)N3CCOCC3)cc2)C[C@H](C)O1. The van der Waals surface area contributed by atoms with Crippen molar-refractivity contribution in [2.24, 2.45) is 0 Å². The second kappa shape index (κ2) is 7.43. The number of hydrogen-bond acceptors (Lipinski definition) is 4. The van der Waals surface area contributed by atoms with Crippen molar-refractivity contribution in [1.29, 1.82) is 0 Å². The van der Waals surface area contributed by atoms with Gasteiger partial charge in [-0.25, -0.2) is 0 Å². The van der Waals surface area contributed by atoms with Crippen LogP contribution < -0.4 is 0 Å². The molecule has 5 nitrogen and oxygen atoms in total. The normalized spacial score (nSPS) is 26.3. The fourth-order valence-corrected chi connectivity index (χ4v) is 3.37. The second-order valence-corrected chi connectivity index (χ2v) is 6.55. The zero-order chi connectivity index (χ0) is 16.2. The van der Waals surface area contributed by atoms with Crippen LogP contribution >= 0.6 is 0 Å². The summed E-state index contributed by atoms with van der Waals surface area (Å²) in [5, 5.41) is 0. The molecule has 2 atom stereocenters. The second-order valence-electron chi connectivity index (χ2n) is 6.55. The van der Waals surface area contributed by atoms with Crippen molar-refractivity contribution < 1.29 is 14.3 Å². The Hall–Kier alpha value is -1.43. The molecular formula is C18H26N2O3. The quantitative estimate of drug-likeness (QED) is 0.852.